The van der Waals surface area contributed by atoms with Crippen LogP contribution in [-0.4, -0.2) is 56.9 Å². The van der Waals surface area contributed by atoms with Crippen LogP contribution in [0.25, 0.3) is 0 Å². The molecule has 7 heteroatoms. The third-order valence-electron chi connectivity index (χ3n) is 6.73. The second-order valence-corrected chi connectivity index (χ2v) is 8.96. The van der Waals surface area contributed by atoms with Crippen molar-refractivity contribution in [1.82, 2.24) is 24.8 Å². The number of carbonyl (C=O) groups excluding carboxylic acids is 1. The van der Waals surface area contributed by atoms with E-state index in [4.69, 9.17) is 9.97 Å². The van der Waals surface area contributed by atoms with E-state index in [0.717, 1.165) is 74.8 Å². The van der Waals surface area contributed by atoms with Crippen LogP contribution in [0.15, 0.2) is 48.9 Å². The average Bonchev–Trinajstić information content (AvgIpc) is 2.88. The van der Waals surface area contributed by atoms with Gasteiger partial charge in [-0.2, -0.15) is 0 Å². The van der Waals surface area contributed by atoms with Crippen LogP contribution in [0.2, 0.25) is 0 Å². The van der Waals surface area contributed by atoms with E-state index in [1.165, 1.54) is 5.56 Å². The zero-order valence-corrected chi connectivity index (χ0v) is 19.2. The van der Waals surface area contributed by atoms with Gasteiger partial charge in [0, 0.05) is 79.6 Å². The maximum Gasteiger partial charge on any atom is 0.253 e. The largest absolute Gasteiger partial charge is 0.356 e. The highest BCUT2D eigenvalue weighted by atomic mass is 16.2. The molecule has 0 N–H and O–H groups in total. The van der Waals surface area contributed by atoms with Crippen LogP contribution in [0.4, 0.5) is 5.82 Å². The van der Waals surface area contributed by atoms with Gasteiger partial charge in [0.05, 0.1) is 0 Å². The zero-order chi connectivity index (χ0) is 22.6. The van der Waals surface area contributed by atoms with Crippen LogP contribution in [0, 0.1) is 6.92 Å². The van der Waals surface area contributed by atoms with Crippen molar-refractivity contribution in [1.29, 1.82) is 0 Å². The second kappa shape index (κ2) is 9.65. The summed E-state index contributed by atoms with van der Waals surface area (Å²) in [6, 6.07) is 9.64. The summed E-state index contributed by atoms with van der Waals surface area (Å²) in [6.45, 7) is 5.45. The third-order valence-corrected chi connectivity index (χ3v) is 6.73. The van der Waals surface area contributed by atoms with Gasteiger partial charge in [-0.05, 0) is 56.9 Å². The standard InChI is InChI=1S/C26H30N6O/c1-19-23-8-5-15-31(17-11-22-7-2-3-12-28-22)25(23)30-24(29-19)21-6-4-16-32(18-21)26(33)20-9-13-27-14-10-20/h2-3,7,9-10,12-14,21H,4-6,8,11,15-18H2,1H3/t21-/m1/s1. The molecule has 170 valence electrons. The summed E-state index contributed by atoms with van der Waals surface area (Å²) < 4.78 is 0. The highest BCUT2D eigenvalue weighted by Crippen LogP contribution is 2.32. The molecular weight excluding hydrogens is 412 g/mol. The van der Waals surface area contributed by atoms with E-state index in [1.54, 1.807) is 24.5 Å². The Bertz CT molecular complexity index is 1100. The quantitative estimate of drug-likeness (QED) is 0.601. The Morgan fingerprint density at radius 2 is 1.94 bits per heavy atom. The summed E-state index contributed by atoms with van der Waals surface area (Å²) in [5.41, 5.74) is 4.14. The molecule has 2 aliphatic rings. The molecule has 2 aliphatic heterocycles. The van der Waals surface area contributed by atoms with E-state index >= 15 is 0 Å². The van der Waals surface area contributed by atoms with E-state index in [-0.39, 0.29) is 11.8 Å². The first-order valence-corrected chi connectivity index (χ1v) is 11.9. The zero-order valence-electron chi connectivity index (χ0n) is 19.2. The summed E-state index contributed by atoms with van der Waals surface area (Å²) in [7, 11) is 0. The molecule has 0 unspecified atom stereocenters. The highest BCUT2D eigenvalue weighted by Gasteiger charge is 2.29. The van der Waals surface area contributed by atoms with Crippen LogP contribution in [0.3, 0.4) is 0 Å². The van der Waals surface area contributed by atoms with Gasteiger partial charge in [0.15, 0.2) is 0 Å². The van der Waals surface area contributed by atoms with Crippen LogP contribution in [-0.2, 0) is 12.8 Å². The lowest BCUT2D eigenvalue weighted by atomic mass is 9.95. The van der Waals surface area contributed by atoms with Crippen molar-refractivity contribution in [2.75, 3.05) is 31.1 Å². The number of nitrogens with zero attached hydrogens (tertiary/aromatic N) is 6. The molecule has 0 saturated carbocycles. The molecule has 0 aliphatic carbocycles. The lowest BCUT2D eigenvalue weighted by Crippen LogP contribution is -2.40. The van der Waals surface area contributed by atoms with E-state index in [0.29, 0.717) is 12.1 Å². The maximum absolute atomic E-state index is 13.0. The minimum Gasteiger partial charge on any atom is -0.356 e. The van der Waals surface area contributed by atoms with E-state index in [9.17, 15) is 4.79 Å². The number of anilines is 1. The number of amides is 1. The van der Waals surface area contributed by atoms with Gasteiger partial charge >= 0.3 is 0 Å². The molecule has 1 saturated heterocycles. The lowest BCUT2D eigenvalue weighted by molar-refractivity contribution is 0.0704. The fraction of sp³-hybridized carbons (Fsp3) is 0.423. The fourth-order valence-electron chi connectivity index (χ4n) is 4.95. The van der Waals surface area contributed by atoms with Gasteiger partial charge in [0.1, 0.15) is 11.6 Å². The molecule has 5 rings (SSSR count). The number of carbonyl (C=O) groups is 1. The maximum atomic E-state index is 13.0. The normalized spacial score (nSPS) is 18.2. The fourth-order valence-corrected chi connectivity index (χ4v) is 4.95. The number of pyridine rings is 2. The number of likely N-dealkylation sites (tertiary alicyclic amines) is 1. The number of aromatic nitrogens is 4. The molecule has 5 heterocycles. The van der Waals surface area contributed by atoms with E-state index in [2.05, 4.69) is 27.9 Å². The van der Waals surface area contributed by atoms with E-state index < -0.39 is 0 Å². The van der Waals surface area contributed by atoms with Crippen molar-refractivity contribution in [3.05, 3.63) is 77.3 Å². The first kappa shape index (κ1) is 21.5. The number of piperidine rings is 1. The third kappa shape index (κ3) is 4.72. The lowest BCUT2D eigenvalue weighted by Gasteiger charge is -2.34. The van der Waals surface area contributed by atoms with Gasteiger partial charge in [-0.3, -0.25) is 14.8 Å². The number of aryl methyl sites for hydroxylation is 1. The summed E-state index contributed by atoms with van der Waals surface area (Å²) >= 11 is 0. The molecule has 3 aromatic rings. The monoisotopic (exact) mass is 442 g/mol. The van der Waals surface area contributed by atoms with Gasteiger partial charge < -0.3 is 9.80 Å². The predicted molar refractivity (Wildman–Crippen MR) is 127 cm³/mol. The van der Waals surface area contributed by atoms with Crippen LogP contribution in [0.1, 0.15) is 58.3 Å². The number of fused-ring (bicyclic) bond motifs is 1. The summed E-state index contributed by atoms with van der Waals surface area (Å²) in [5.74, 6) is 2.18. The van der Waals surface area contributed by atoms with Gasteiger partial charge in [0.2, 0.25) is 0 Å². The molecule has 1 atom stereocenters. The Balaban J connectivity index is 1.35. The summed E-state index contributed by atoms with van der Waals surface area (Å²) in [4.78, 5) is 35.9. The smallest absolute Gasteiger partial charge is 0.253 e. The molecule has 33 heavy (non-hydrogen) atoms. The van der Waals surface area contributed by atoms with Crippen LogP contribution < -0.4 is 4.90 Å². The average molecular weight is 443 g/mol. The highest BCUT2D eigenvalue weighted by molar-refractivity contribution is 5.94. The van der Waals surface area contributed by atoms with Crippen LogP contribution in [0.5, 0.6) is 0 Å². The molecule has 0 bridgehead atoms. The Morgan fingerprint density at radius 1 is 1.06 bits per heavy atom. The first-order valence-electron chi connectivity index (χ1n) is 11.9. The van der Waals surface area contributed by atoms with Gasteiger partial charge in [-0.1, -0.05) is 6.07 Å². The molecule has 7 nitrogen and oxygen atoms in total. The van der Waals surface area contributed by atoms with E-state index in [1.807, 2.05) is 23.2 Å². The minimum atomic E-state index is 0.0637. The minimum absolute atomic E-state index is 0.0637. The SMILES string of the molecule is Cc1nc([C@@H]2CCCN(C(=O)c3ccncc3)C2)nc2c1CCCN2CCc1ccccn1. The number of rotatable bonds is 5. The molecule has 0 radical (unpaired) electrons. The first-order chi connectivity index (χ1) is 16.2. The Morgan fingerprint density at radius 3 is 2.76 bits per heavy atom. The van der Waals surface area contributed by atoms with Gasteiger partial charge in [0.25, 0.3) is 5.91 Å². The summed E-state index contributed by atoms with van der Waals surface area (Å²) in [6.07, 6.45) is 10.2. The molecule has 0 aromatic carbocycles. The Labute approximate surface area is 194 Å². The van der Waals surface area contributed by atoms with Gasteiger partial charge in [-0.15, -0.1) is 0 Å². The molecular formula is C26H30N6O. The van der Waals surface area contributed by atoms with Crippen molar-refractivity contribution in [3.63, 3.8) is 0 Å². The van der Waals surface area contributed by atoms with Crippen molar-refractivity contribution in [2.24, 2.45) is 0 Å². The molecule has 1 amide bonds. The van der Waals surface area contributed by atoms with Gasteiger partial charge in [-0.25, -0.2) is 9.97 Å². The Hall–Kier alpha value is -3.35. The summed E-state index contributed by atoms with van der Waals surface area (Å²) in [5, 5.41) is 0. The van der Waals surface area contributed by atoms with Crippen LogP contribution >= 0.6 is 0 Å². The number of hydrogen-bond donors (Lipinski definition) is 0. The number of hydrogen-bond acceptors (Lipinski definition) is 6. The van der Waals surface area contributed by atoms with Crippen molar-refractivity contribution < 1.29 is 4.79 Å². The molecule has 1 fully saturated rings. The molecule has 3 aromatic heterocycles. The second-order valence-electron chi connectivity index (χ2n) is 8.96. The van der Waals surface area contributed by atoms with Crippen molar-refractivity contribution in [2.45, 2.75) is 44.9 Å². The topological polar surface area (TPSA) is 75.1 Å². The van der Waals surface area contributed by atoms with Crippen molar-refractivity contribution >= 4 is 11.7 Å². The Kier molecular flexibility index (Phi) is 6.28. The predicted octanol–water partition coefficient (Wildman–Crippen LogP) is 3.59. The molecule has 0 spiro atoms. The van der Waals surface area contributed by atoms with Crippen molar-refractivity contribution in [3.8, 4) is 0 Å².